The summed E-state index contributed by atoms with van der Waals surface area (Å²) in [7, 11) is -3.87. The molecule has 0 bridgehead atoms. The molecule has 8 heteroatoms. The Balaban J connectivity index is 2.14. The Labute approximate surface area is 153 Å². The van der Waals surface area contributed by atoms with Crippen LogP contribution in [0.3, 0.4) is 0 Å². The predicted molar refractivity (Wildman–Crippen MR) is 101 cm³/mol. The second-order valence-corrected chi connectivity index (χ2v) is 7.97. The standard InChI is InChI=1S/C18H13ClN2O4S/c1-9-15(10-3-2-4-12(7-10)26(20,23)24)17-16(21-18(9)22)13-8-11(19)5-6-14(13)25-17/h2-8H,1H3,(H,21,22)(H2,20,23,24). The van der Waals surface area contributed by atoms with Crippen molar-refractivity contribution in [3.05, 3.63) is 63.4 Å². The number of aromatic amines is 1. The van der Waals surface area contributed by atoms with E-state index in [1.807, 2.05) is 0 Å². The summed E-state index contributed by atoms with van der Waals surface area (Å²) in [4.78, 5) is 15.2. The lowest BCUT2D eigenvalue weighted by atomic mass is 10.0. The summed E-state index contributed by atoms with van der Waals surface area (Å²) >= 11 is 6.06. The van der Waals surface area contributed by atoms with Gasteiger partial charge in [-0.3, -0.25) is 4.79 Å². The summed E-state index contributed by atoms with van der Waals surface area (Å²) in [6, 6.07) is 11.2. The van der Waals surface area contributed by atoms with Crippen molar-refractivity contribution in [2.45, 2.75) is 11.8 Å². The minimum absolute atomic E-state index is 0.0398. The average Bonchev–Trinajstić information content (AvgIpc) is 2.92. The molecule has 2 heterocycles. The van der Waals surface area contributed by atoms with Crippen LogP contribution in [0.5, 0.6) is 0 Å². The van der Waals surface area contributed by atoms with E-state index >= 15 is 0 Å². The number of pyridine rings is 1. The average molecular weight is 389 g/mol. The van der Waals surface area contributed by atoms with E-state index in [1.165, 1.54) is 12.1 Å². The van der Waals surface area contributed by atoms with Gasteiger partial charge in [-0.05, 0) is 42.8 Å². The third kappa shape index (κ3) is 2.61. The highest BCUT2D eigenvalue weighted by Gasteiger charge is 2.19. The van der Waals surface area contributed by atoms with Crippen LogP contribution in [0.2, 0.25) is 5.02 Å². The molecule has 4 aromatic rings. The Bertz CT molecular complexity index is 1350. The van der Waals surface area contributed by atoms with Crippen molar-refractivity contribution < 1.29 is 12.8 Å². The zero-order chi connectivity index (χ0) is 18.6. The van der Waals surface area contributed by atoms with Gasteiger partial charge in [0, 0.05) is 21.5 Å². The Morgan fingerprint density at radius 3 is 2.65 bits per heavy atom. The van der Waals surface area contributed by atoms with Crippen molar-refractivity contribution in [3.63, 3.8) is 0 Å². The van der Waals surface area contributed by atoms with Gasteiger partial charge in [-0.25, -0.2) is 13.6 Å². The van der Waals surface area contributed by atoms with Gasteiger partial charge < -0.3 is 9.40 Å². The molecule has 0 saturated carbocycles. The number of primary sulfonamides is 1. The molecule has 0 aliphatic heterocycles. The summed E-state index contributed by atoms with van der Waals surface area (Å²) in [6.45, 7) is 1.65. The number of nitrogens with two attached hydrogens (primary N) is 1. The van der Waals surface area contributed by atoms with Crippen LogP contribution in [-0.4, -0.2) is 13.4 Å². The monoisotopic (exact) mass is 388 g/mol. The van der Waals surface area contributed by atoms with E-state index in [2.05, 4.69) is 4.98 Å². The summed E-state index contributed by atoms with van der Waals surface area (Å²) < 4.78 is 29.3. The van der Waals surface area contributed by atoms with Gasteiger partial charge in [-0.15, -0.1) is 0 Å². The van der Waals surface area contributed by atoms with Gasteiger partial charge in [0.05, 0.1) is 10.4 Å². The number of furan rings is 1. The van der Waals surface area contributed by atoms with E-state index in [9.17, 15) is 13.2 Å². The van der Waals surface area contributed by atoms with E-state index in [4.69, 9.17) is 21.2 Å². The van der Waals surface area contributed by atoms with Crippen LogP contribution < -0.4 is 10.7 Å². The van der Waals surface area contributed by atoms with Gasteiger partial charge >= 0.3 is 0 Å². The number of fused-ring (bicyclic) bond motifs is 3. The van der Waals surface area contributed by atoms with E-state index in [-0.39, 0.29) is 10.5 Å². The largest absolute Gasteiger partial charge is 0.454 e. The Morgan fingerprint density at radius 1 is 1.15 bits per heavy atom. The molecule has 0 aliphatic carbocycles. The number of hydrogen-bond acceptors (Lipinski definition) is 4. The highest BCUT2D eigenvalue weighted by Crippen LogP contribution is 2.36. The van der Waals surface area contributed by atoms with Crippen LogP contribution in [0.4, 0.5) is 0 Å². The molecule has 0 saturated heterocycles. The molecular formula is C18H13ClN2O4S. The van der Waals surface area contributed by atoms with Crippen molar-refractivity contribution in [1.82, 2.24) is 4.98 Å². The fraction of sp³-hybridized carbons (Fsp3) is 0.0556. The second kappa shape index (κ2) is 5.70. The lowest BCUT2D eigenvalue weighted by Crippen LogP contribution is -2.13. The van der Waals surface area contributed by atoms with Gasteiger partial charge in [0.1, 0.15) is 5.58 Å². The Kier molecular flexibility index (Phi) is 3.69. The number of nitrogens with one attached hydrogen (secondary N) is 1. The van der Waals surface area contributed by atoms with Gasteiger partial charge in [-0.2, -0.15) is 0 Å². The van der Waals surface area contributed by atoms with Gasteiger partial charge in [-0.1, -0.05) is 23.7 Å². The maximum absolute atomic E-state index is 12.5. The number of hydrogen-bond donors (Lipinski definition) is 2. The number of benzene rings is 2. The van der Waals surface area contributed by atoms with Crippen molar-refractivity contribution in [3.8, 4) is 11.1 Å². The number of aromatic nitrogens is 1. The van der Waals surface area contributed by atoms with Crippen LogP contribution in [0, 0.1) is 6.92 Å². The molecule has 4 rings (SSSR count). The topological polar surface area (TPSA) is 106 Å². The first-order chi connectivity index (χ1) is 12.3. The molecule has 0 fully saturated rings. The smallest absolute Gasteiger partial charge is 0.252 e. The van der Waals surface area contributed by atoms with Crippen molar-refractivity contribution >= 4 is 43.7 Å². The van der Waals surface area contributed by atoms with Crippen molar-refractivity contribution in [1.29, 1.82) is 0 Å². The molecule has 0 unspecified atom stereocenters. The maximum Gasteiger partial charge on any atom is 0.252 e. The van der Waals surface area contributed by atoms with Crippen molar-refractivity contribution in [2.24, 2.45) is 5.14 Å². The van der Waals surface area contributed by atoms with E-state index in [1.54, 1.807) is 37.3 Å². The van der Waals surface area contributed by atoms with Crippen LogP contribution in [0.25, 0.3) is 33.2 Å². The number of H-pyrrole nitrogens is 1. The second-order valence-electron chi connectivity index (χ2n) is 5.97. The highest BCUT2D eigenvalue weighted by molar-refractivity contribution is 7.89. The van der Waals surface area contributed by atoms with Gasteiger partial charge in [0.15, 0.2) is 5.58 Å². The molecule has 0 atom stereocenters. The molecule has 6 nitrogen and oxygen atoms in total. The molecule has 26 heavy (non-hydrogen) atoms. The minimum Gasteiger partial charge on any atom is -0.454 e. The van der Waals surface area contributed by atoms with Gasteiger partial charge in [0.2, 0.25) is 10.0 Å². The first-order valence-corrected chi connectivity index (χ1v) is 9.56. The molecule has 132 valence electrons. The highest BCUT2D eigenvalue weighted by atomic mass is 35.5. The molecular weight excluding hydrogens is 376 g/mol. The van der Waals surface area contributed by atoms with Crippen LogP contribution in [0.1, 0.15) is 5.56 Å². The molecule has 3 N–H and O–H groups in total. The fourth-order valence-corrected chi connectivity index (χ4v) is 3.77. The van der Waals surface area contributed by atoms with Crippen LogP contribution in [-0.2, 0) is 10.0 Å². The first kappa shape index (κ1) is 16.8. The fourth-order valence-electron chi connectivity index (χ4n) is 3.04. The van der Waals surface area contributed by atoms with E-state index in [0.717, 1.165) is 0 Å². The lowest BCUT2D eigenvalue weighted by Gasteiger charge is -2.08. The Morgan fingerprint density at radius 2 is 1.92 bits per heavy atom. The summed E-state index contributed by atoms with van der Waals surface area (Å²) in [6.07, 6.45) is 0. The zero-order valence-corrected chi connectivity index (χ0v) is 15.1. The molecule has 0 radical (unpaired) electrons. The number of rotatable bonds is 2. The Hall–Kier alpha value is -2.61. The molecule has 0 aliphatic rings. The number of sulfonamides is 1. The SMILES string of the molecule is Cc1c(-c2cccc(S(N)(=O)=O)c2)c2oc3ccc(Cl)cc3c2[nH]c1=O. The third-order valence-electron chi connectivity index (χ3n) is 4.28. The third-order valence-corrected chi connectivity index (χ3v) is 5.43. The molecule has 2 aromatic heterocycles. The number of halogens is 1. The predicted octanol–water partition coefficient (Wildman–Crippen LogP) is 3.55. The van der Waals surface area contributed by atoms with Crippen molar-refractivity contribution in [2.75, 3.05) is 0 Å². The summed E-state index contributed by atoms with van der Waals surface area (Å²) in [5.74, 6) is 0. The molecule has 2 aromatic carbocycles. The van der Waals surface area contributed by atoms with Crippen LogP contribution in [0.15, 0.2) is 56.6 Å². The molecule has 0 spiro atoms. The van der Waals surface area contributed by atoms with E-state index < -0.39 is 10.0 Å². The summed E-state index contributed by atoms with van der Waals surface area (Å²) in [5, 5.41) is 6.42. The normalized spacial score (nSPS) is 12.1. The maximum atomic E-state index is 12.5. The minimum atomic E-state index is -3.87. The molecule has 0 amide bonds. The quantitative estimate of drug-likeness (QED) is 0.547. The van der Waals surface area contributed by atoms with E-state index in [0.29, 0.717) is 43.8 Å². The summed E-state index contributed by atoms with van der Waals surface area (Å²) in [5.41, 5.74) is 2.68. The van der Waals surface area contributed by atoms with Gasteiger partial charge in [0.25, 0.3) is 5.56 Å². The lowest BCUT2D eigenvalue weighted by molar-refractivity contribution is 0.598. The van der Waals surface area contributed by atoms with Crippen LogP contribution >= 0.6 is 11.6 Å². The zero-order valence-electron chi connectivity index (χ0n) is 13.5. The first-order valence-electron chi connectivity index (χ1n) is 7.63.